The molecular formula is C9H9BrF2O2. The second-order valence-electron chi connectivity index (χ2n) is 2.70. The van der Waals surface area contributed by atoms with Gasteiger partial charge in [-0.25, -0.2) is 8.78 Å². The Labute approximate surface area is 88.6 Å². The molecule has 5 heteroatoms. The zero-order valence-corrected chi connectivity index (χ0v) is 8.80. The summed E-state index contributed by atoms with van der Waals surface area (Å²) in [5.74, 6) is -1.68. The van der Waals surface area contributed by atoms with Crippen LogP contribution in [0.4, 0.5) is 8.78 Å². The van der Waals surface area contributed by atoms with E-state index in [-0.39, 0.29) is 12.4 Å². The smallest absolute Gasteiger partial charge is 0.162 e. The van der Waals surface area contributed by atoms with E-state index in [9.17, 15) is 8.78 Å². The summed E-state index contributed by atoms with van der Waals surface area (Å²) in [6.07, 6.45) is -0.664. The van der Waals surface area contributed by atoms with Crippen molar-refractivity contribution >= 4 is 15.9 Å². The Hall–Kier alpha value is -0.680. The minimum atomic E-state index is -0.962. The molecular weight excluding hydrogens is 258 g/mol. The molecule has 0 radical (unpaired) electrons. The van der Waals surface area contributed by atoms with Gasteiger partial charge in [0.2, 0.25) is 0 Å². The molecule has 1 atom stereocenters. The number of aliphatic hydroxyl groups is 1. The van der Waals surface area contributed by atoms with Crippen molar-refractivity contribution in [2.45, 2.75) is 6.10 Å². The molecule has 0 saturated heterocycles. The second-order valence-corrected chi connectivity index (χ2v) is 3.34. The summed E-state index contributed by atoms with van der Waals surface area (Å²) >= 11 is 3.05. The Kier molecular flexibility index (Phi) is 4.28. The highest BCUT2D eigenvalue weighted by Gasteiger charge is 2.05. The second kappa shape index (κ2) is 5.26. The van der Waals surface area contributed by atoms with Crippen molar-refractivity contribution in [3.63, 3.8) is 0 Å². The van der Waals surface area contributed by atoms with E-state index in [1.165, 1.54) is 6.07 Å². The number of ether oxygens (including phenoxy) is 1. The highest BCUT2D eigenvalue weighted by Crippen LogP contribution is 2.15. The maximum atomic E-state index is 12.7. The molecule has 0 aliphatic rings. The van der Waals surface area contributed by atoms with Gasteiger partial charge in [0.1, 0.15) is 12.4 Å². The van der Waals surface area contributed by atoms with Gasteiger partial charge in [-0.3, -0.25) is 0 Å². The lowest BCUT2D eigenvalue weighted by Crippen LogP contribution is -2.18. The molecule has 78 valence electrons. The standard InChI is InChI=1S/C9H9BrF2O2/c10-4-6(13)5-14-7-1-2-8(11)9(12)3-7/h1-3,6,13H,4-5H2. The Balaban J connectivity index is 2.55. The van der Waals surface area contributed by atoms with Crippen LogP contribution in [0.5, 0.6) is 5.75 Å². The first-order chi connectivity index (χ1) is 6.63. The molecule has 1 rings (SSSR count). The van der Waals surface area contributed by atoms with Crippen LogP contribution in [0.1, 0.15) is 0 Å². The van der Waals surface area contributed by atoms with Crippen LogP contribution in [0.15, 0.2) is 18.2 Å². The maximum absolute atomic E-state index is 12.7. The van der Waals surface area contributed by atoms with Gasteiger partial charge in [0, 0.05) is 11.4 Å². The van der Waals surface area contributed by atoms with Gasteiger partial charge in [0.15, 0.2) is 11.6 Å². The van der Waals surface area contributed by atoms with E-state index in [1.54, 1.807) is 0 Å². The molecule has 1 N–H and O–H groups in total. The van der Waals surface area contributed by atoms with E-state index in [4.69, 9.17) is 9.84 Å². The van der Waals surface area contributed by atoms with Crippen molar-refractivity contribution in [3.05, 3.63) is 29.8 Å². The minimum Gasteiger partial charge on any atom is -0.491 e. The Morgan fingerprint density at radius 1 is 1.36 bits per heavy atom. The lowest BCUT2D eigenvalue weighted by Gasteiger charge is -2.09. The SMILES string of the molecule is OC(CBr)COc1ccc(F)c(F)c1. The van der Waals surface area contributed by atoms with Gasteiger partial charge in [-0.2, -0.15) is 0 Å². The molecule has 0 bridgehead atoms. The van der Waals surface area contributed by atoms with Gasteiger partial charge < -0.3 is 9.84 Å². The van der Waals surface area contributed by atoms with Crippen LogP contribution < -0.4 is 4.74 Å². The lowest BCUT2D eigenvalue weighted by atomic mass is 10.3. The van der Waals surface area contributed by atoms with E-state index in [0.29, 0.717) is 5.33 Å². The number of benzene rings is 1. The molecule has 2 nitrogen and oxygen atoms in total. The first-order valence-corrected chi connectivity index (χ1v) is 5.07. The highest BCUT2D eigenvalue weighted by molar-refractivity contribution is 9.09. The van der Waals surface area contributed by atoms with Crippen LogP contribution >= 0.6 is 15.9 Å². The molecule has 0 aromatic heterocycles. The van der Waals surface area contributed by atoms with Crippen molar-refractivity contribution in [1.29, 1.82) is 0 Å². The van der Waals surface area contributed by atoms with Crippen LogP contribution in [0.25, 0.3) is 0 Å². The molecule has 0 fully saturated rings. The van der Waals surface area contributed by atoms with E-state index >= 15 is 0 Å². The average Bonchev–Trinajstić information content (AvgIpc) is 2.19. The largest absolute Gasteiger partial charge is 0.491 e. The summed E-state index contributed by atoms with van der Waals surface area (Å²) in [7, 11) is 0. The molecule has 1 unspecified atom stereocenters. The summed E-state index contributed by atoms with van der Waals surface area (Å²) in [6, 6.07) is 3.22. The summed E-state index contributed by atoms with van der Waals surface area (Å²) in [5.41, 5.74) is 0. The number of aliphatic hydroxyl groups excluding tert-OH is 1. The Morgan fingerprint density at radius 3 is 2.64 bits per heavy atom. The maximum Gasteiger partial charge on any atom is 0.162 e. The van der Waals surface area contributed by atoms with Crippen LogP contribution in [-0.4, -0.2) is 23.1 Å². The van der Waals surface area contributed by atoms with E-state index in [1.807, 2.05) is 0 Å². The lowest BCUT2D eigenvalue weighted by molar-refractivity contribution is 0.127. The fourth-order valence-corrected chi connectivity index (χ4v) is 0.991. The number of rotatable bonds is 4. The summed E-state index contributed by atoms with van der Waals surface area (Å²) in [4.78, 5) is 0. The molecule has 1 aromatic rings. The Bertz CT molecular complexity index is 307. The number of hydrogen-bond acceptors (Lipinski definition) is 2. The van der Waals surface area contributed by atoms with Crippen molar-refractivity contribution in [1.82, 2.24) is 0 Å². The van der Waals surface area contributed by atoms with Gasteiger partial charge in [-0.15, -0.1) is 0 Å². The van der Waals surface area contributed by atoms with Gasteiger partial charge in [-0.05, 0) is 12.1 Å². The van der Waals surface area contributed by atoms with Crippen molar-refractivity contribution in [3.8, 4) is 5.75 Å². The molecule has 0 saturated carbocycles. The molecule has 14 heavy (non-hydrogen) atoms. The van der Waals surface area contributed by atoms with E-state index < -0.39 is 17.7 Å². The quantitative estimate of drug-likeness (QED) is 0.846. The van der Waals surface area contributed by atoms with Crippen molar-refractivity contribution < 1.29 is 18.6 Å². The van der Waals surface area contributed by atoms with Crippen molar-refractivity contribution in [2.75, 3.05) is 11.9 Å². The molecule has 0 heterocycles. The number of halogens is 3. The minimum absolute atomic E-state index is 0.0380. The van der Waals surface area contributed by atoms with Gasteiger partial charge in [0.25, 0.3) is 0 Å². The van der Waals surface area contributed by atoms with Crippen LogP contribution in [-0.2, 0) is 0 Å². The third-order valence-electron chi connectivity index (χ3n) is 1.51. The number of hydrogen-bond donors (Lipinski definition) is 1. The Morgan fingerprint density at radius 2 is 2.07 bits per heavy atom. The summed E-state index contributed by atoms with van der Waals surface area (Å²) in [5, 5.41) is 9.48. The monoisotopic (exact) mass is 266 g/mol. The van der Waals surface area contributed by atoms with Crippen LogP contribution in [0.3, 0.4) is 0 Å². The molecule has 0 amide bonds. The zero-order chi connectivity index (χ0) is 10.6. The predicted octanol–water partition coefficient (Wildman–Crippen LogP) is 2.10. The van der Waals surface area contributed by atoms with Gasteiger partial charge in [0.05, 0.1) is 6.10 Å². The fraction of sp³-hybridized carbons (Fsp3) is 0.333. The van der Waals surface area contributed by atoms with E-state index in [2.05, 4.69) is 15.9 Å². The van der Waals surface area contributed by atoms with Crippen LogP contribution in [0, 0.1) is 11.6 Å². The number of alkyl halides is 1. The zero-order valence-electron chi connectivity index (χ0n) is 7.21. The molecule has 1 aromatic carbocycles. The summed E-state index contributed by atoms with van der Waals surface area (Å²) < 4.78 is 30.1. The molecule has 0 aliphatic heterocycles. The van der Waals surface area contributed by atoms with E-state index in [0.717, 1.165) is 12.1 Å². The van der Waals surface area contributed by atoms with Gasteiger partial charge in [-0.1, -0.05) is 15.9 Å². The fourth-order valence-electron chi connectivity index (χ4n) is 0.804. The first-order valence-electron chi connectivity index (χ1n) is 3.95. The predicted molar refractivity (Wildman–Crippen MR) is 51.7 cm³/mol. The third-order valence-corrected chi connectivity index (χ3v) is 2.26. The highest BCUT2D eigenvalue weighted by atomic mass is 79.9. The summed E-state index contributed by atoms with van der Waals surface area (Å²) in [6.45, 7) is 0.0380. The molecule has 0 aliphatic carbocycles. The normalized spacial score (nSPS) is 12.6. The van der Waals surface area contributed by atoms with Crippen molar-refractivity contribution in [2.24, 2.45) is 0 Å². The molecule has 0 spiro atoms. The topological polar surface area (TPSA) is 29.5 Å². The van der Waals surface area contributed by atoms with Crippen LogP contribution in [0.2, 0.25) is 0 Å². The first kappa shape index (κ1) is 11.4. The average molecular weight is 267 g/mol. The van der Waals surface area contributed by atoms with Gasteiger partial charge >= 0.3 is 0 Å². The third kappa shape index (κ3) is 3.23.